The standard InChI is InChI=1S/C21H32FN3O2/c1-5-19(26)24-11-7-10-23(12-13-24)16-20(27)25(21(2,3)4)15-17-8-6-9-18(22)14-17/h6,8-9,14H,5,7,10-13,15-16H2,1-4H3. The van der Waals surface area contributed by atoms with Crippen molar-refractivity contribution in [1.29, 1.82) is 0 Å². The molecular formula is C21H32FN3O2. The molecule has 5 nitrogen and oxygen atoms in total. The average Bonchev–Trinajstić information content (AvgIpc) is 2.83. The van der Waals surface area contributed by atoms with Crippen LogP contribution in [0.15, 0.2) is 24.3 Å². The minimum atomic E-state index is -0.362. The van der Waals surface area contributed by atoms with Crippen molar-refractivity contribution in [3.63, 3.8) is 0 Å². The zero-order valence-electron chi connectivity index (χ0n) is 17.0. The number of carbonyl (C=O) groups is 2. The molecule has 1 aliphatic heterocycles. The van der Waals surface area contributed by atoms with Crippen molar-refractivity contribution >= 4 is 11.8 Å². The molecule has 2 amide bonds. The Kier molecular flexibility index (Phi) is 7.36. The molecular weight excluding hydrogens is 345 g/mol. The van der Waals surface area contributed by atoms with Gasteiger partial charge in [0.15, 0.2) is 0 Å². The highest BCUT2D eigenvalue weighted by Gasteiger charge is 2.28. The molecule has 1 aromatic carbocycles. The lowest BCUT2D eigenvalue weighted by atomic mass is 10.0. The van der Waals surface area contributed by atoms with Crippen LogP contribution in [0.3, 0.4) is 0 Å². The first kappa shape index (κ1) is 21.4. The minimum absolute atomic E-state index is 0.0297. The molecule has 0 spiro atoms. The maximum absolute atomic E-state index is 13.5. The van der Waals surface area contributed by atoms with E-state index >= 15 is 0 Å². The first-order valence-corrected chi connectivity index (χ1v) is 9.75. The number of amides is 2. The van der Waals surface area contributed by atoms with Crippen molar-refractivity contribution in [1.82, 2.24) is 14.7 Å². The lowest BCUT2D eigenvalue weighted by Gasteiger charge is -2.37. The van der Waals surface area contributed by atoms with Crippen LogP contribution in [0.2, 0.25) is 0 Å². The number of halogens is 1. The van der Waals surface area contributed by atoms with Gasteiger partial charge in [-0.15, -0.1) is 0 Å². The Bertz CT molecular complexity index is 657. The summed E-state index contributed by atoms with van der Waals surface area (Å²) in [6.07, 6.45) is 1.39. The van der Waals surface area contributed by atoms with Crippen molar-refractivity contribution in [3.8, 4) is 0 Å². The summed E-state index contributed by atoms with van der Waals surface area (Å²) < 4.78 is 13.5. The van der Waals surface area contributed by atoms with Gasteiger partial charge in [0.1, 0.15) is 5.82 Å². The van der Waals surface area contributed by atoms with Crippen molar-refractivity contribution in [2.24, 2.45) is 0 Å². The summed E-state index contributed by atoms with van der Waals surface area (Å²) in [5.41, 5.74) is 0.424. The number of hydrogen-bond acceptors (Lipinski definition) is 3. The molecule has 0 radical (unpaired) electrons. The molecule has 2 rings (SSSR count). The van der Waals surface area contributed by atoms with Crippen LogP contribution in [-0.2, 0) is 16.1 Å². The van der Waals surface area contributed by atoms with Crippen LogP contribution in [0.25, 0.3) is 0 Å². The number of nitrogens with zero attached hydrogens (tertiary/aromatic N) is 3. The Balaban J connectivity index is 2.02. The third kappa shape index (κ3) is 6.31. The number of benzene rings is 1. The Morgan fingerprint density at radius 3 is 2.52 bits per heavy atom. The van der Waals surface area contributed by atoms with E-state index < -0.39 is 0 Å². The van der Waals surface area contributed by atoms with E-state index in [0.717, 1.165) is 25.1 Å². The fourth-order valence-electron chi connectivity index (χ4n) is 3.40. The highest BCUT2D eigenvalue weighted by molar-refractivity contribution is 5.79. The molecule has 1 heterocycles. The van der Waals surface area contributed by atoms with E-state index in [-0.39, 0.29) is 23.2 Å². The summed E-state index contributed by atoms with van der Waals surface area (Å²) in [6, 6.07) is 6.40. The highest BCUT2D eigenvalue weighted by Crippen LogP contribution is 2.19. The number of rotatable bonds is 5. The number of carbonyl (C=O) groups excluding carboxylic acids is 2. The Hall–Kier alpha value is -1.95. The lowest BCUT2D eigenvalue weighted by molar-refractivity contribution is -0.138. The van der Waals surface area contributed by atoms with E-state index in [9.17, 15) is 14.0 Å². The van der Waals surface area contributed by atoms with Crippen molar-refractivity contribution < 1.29 is 14.0 Å². The summed E-state index contributed by atoms with van der Waals surface area (Å²) in [7, 11) is 0. The molecule has 0 aliphatic carbocycles. The molecule has 1 aliphatic rings. The third-order valence-corrected chi connectivity index (χ3v) is 4.94. The first-order chi connectivity index (χ1) is 12.7. The van der Waals surface area contributed by atoms with Crippen molar-refractivity contribution in [2.45, 2.75) is 52.6 Å². The zero-order chi connectivity index (χ0) is 20.0. The fourth-order valence-corrected chi connectivity index (χ4v) is 3.40. The van der Waals surface area contributed by atoms with Gasteiger partial charge < -0.3 is 9.80 Å². The van der Waals surface area contributed by atoms with Gasteiger partial charge in [-0.1, -0.05) is 19.1 Å². The van der Waals surface area contributed by atoms with Crippen LogP contribution in [0.4, 0.5) is 4.39 Å². The van der Waals surface area contributed by atoms with Crippen LogP contribution in [0.5, 0.6) is 0 Å². The fraction of sp³-hybridized carbons (Fsp3) is 0.619. The molecule has 0 aromatic heterocycles. The van der Waals surface area contributed by atoms with Gasteiger partial charge in [0.25, 0.3) is 0 Å². The Morgan fingerprint density at radius 2 is 1.89 bits per heavy atom. The van der Waals surface area contributed by atoms with E-state index in [1.807, 2.05) is 43.6 Å². The van der Waals surface area contributed by atoms with Gasteiger partial charge in [-0.3, -0.25) is 14.5 Å². The van der Waals surface area contributed by atoms with Crippen LogP contribution in [0, 0.1) is 5.82 Å². The molecule has 0 saturated carbocycles. The predicted molar refractivity (Wildman–Crippen MR) is 105 cm³/mol. The van der Waals surface area contributed by atoms with E-state index in [1.54, 1.807) is 6.07 Å². The van der Waals surface area contributed by atoms with Crippen LogP contribution in [-0.4, -0.2) is 64.8 Å². The second kappa shape index (κ2) is 9.31. The van der Waals surface area contributed by atoms with Gasteiger partial charge >= 0.3 is 0 Å². The molecule has 1 aromatic rings. The largest absolute Gasteiger partial charge is 0.341 e. The van der Waals surface area contributed by atoms with Crippen LogP contribution >= 0.6 is 0 Å². The Morgan fingerprint density at radius 1 is 1.15 bits per heavy atom. The quantitative estimate of drug-likeness (QED) is 0.793. The van der Waals surface area contributed by atoms with Gasteiger partial charge in [-0.2, -0.15) is 0 Å². The third-order valence-electron chi connectivity index (χ3n) is 4.94. The SMILES string of the molecule is CCC(=O)N1CCCN(CC(=O)N(Cc2cccc(F)c2)C(C)(C)C)CC1. The molecule has 0 N–H and O–H groups in total. The summed E-state index contributed by atoms with van der Waals surface area (Å²) >= 11 is 0. The molecule has 0 unspecified atom stereocenters. The van der Waals surface area contributed by atoms with Gasteiger partial charge in [0.2, 0.25) is 11.8 Å². The van der Waals surface area contributed by atoms with E-state index in [1.165, 1.54) is 12.1 Å². The van der Waals surface area contributed by atoms with Gasteiger partial charge in [-0.05, 0) is 44.9 Å². The molecule has 1 saturated heterocycles. The van der Waals surface area contributed by atoms with Gasteiger partial charge in [-0.25, -0.2) is 4.39 Å². The molecule has 1 fully saturated rings. The van der Waals surface area contributed by atoms with E-state index in [0.29, 0.717) is 32.6 Å². The molecule has 0 bridgehead atoms. The molecule has 0 atom stereocenters. The zero-order valence-corrected chi connectivity index (χ0v) is 17.0. The van der Waals surface area contributed by atoms with Crippen LogP contribution in [0.1, 0.15) is 46.1 Å². The predicted octanol–water partition coefficient (Wildman–Crippen LogP) is 2.90. The normalized spacial score (nSPS) is 16.1. The molecule has 27 heavy (non-hydrogen) atoms. The molecule has 6 heteroatoms. The minimum Gasteiger partial charge on any atom is -0.341 e. The maximum atomic E-state index is 13.5. The Labute approximate surface area is 162 Å². The summed E-state index contributed by atoms with van der Waals surface area (Å²) in [5.74, 6) is -0.0883. The molecule has 150 valence electrons. The second-order valence-corrected chi connectivity index (χ2v) is 8.14. The summed E-state index contributed by atoms with van der Waals surface area (Å²) in [4.78, 5) is 30.8. The average molecular weight is 378 g/mol. The highest BCUT2D eigenvalue weighted by atomic mass is 19.1. The van der Waals surface area contributed by atoms with Crippen molar-refractivity contribution in [2.75, 3.05) is 32.7 Å². The topological polar surface area (TPSA) is 43.9 Å². The monoisotopic (exact) mass is 377 g/mol. The first-order valence-electron chi connectivity index (χ1n) is 9.75. The number of hydrogen-bond donors (Lipinski definition) is 0. The maximum Gasteiger partial charge on any atom is 0.237 e. The summed E-state index contributed by atoms with van der Waals surface area (Å²) in [6.45, 7) is 11.5. The second-order valence-electron chi connectivity index (χ2n) is 8.14. The van der Waals surface area contributed by atoms with Crippen molar-refractivity contribution in [3.05, 3.63) is 35.6 Å². The van der Waals surface area contributed by atoms with E-state index in [2.05, 4.69) is 4.90 Å². The summed E-state index contributed by atoms with van der Waals surface area (Å²) in [5, 5.41) is 0. The van der Waals surface area contributed by atoms with Gasteiger partial charge in [0, 0.05) is 44.7 Å². The smallest absolute Gasteiger partial charge is 0.237 e. The van der Waals surface area contributed by atoms with E-state index in [4.69, 9.17) is 0 Å². The lowest BCUT2D eigenvalue weighted by Crippen LogP contribution is -2.49. The van der Waals surface area contributed by atoms with Gasteiger partial charge in [0.05, 0.1) is 6.54 Å². The van der Waals surface area contributed by atoms with Crippen LogP contribution < -0.4 is 0 Å².